The fourth-order valence-electron chi connectivity index (χ4n) is 3.59. The summed E-state index contributed by atoms with van der Waals surface area (Å²) in [6.45, 7) is 4.03. The zero-order valence-corrected chi connectivity index (χ0v) is 12.3. The number of furan rings is 1. The molecule has 2 aliphatic carbocycles. The molecule has 2 aliphatic rings. The predicted octanol–water partition coefficient (Wildman–Crippen LogP) is 4.30. The number of aryl methyl sites for hydroxylation is 2. The first-order valence-corrected chi connectivity index (χ1v) is 8.14. The van der Waals surface area contributed by atoms with Crippen molar-refractivity contribution in [2.75, 3.05) is 6.54 Å². The maximum atomic E-state index is 6.21. The normalized spacial score (nSPS) is 18.4. The van der Waals surface area contributed by atoms with Gasteiger partial charge in [0.15, 0.2) is 0 Å². The maximum absolute atomic E-state index is 6.21. The summed E-state index contributed by atoms with van der Waals surface area (Å²) in [5, 5.41) is 4.83. The van der Waals surface area contributed by atoms with Gasteiger partial charge in [-0.25, -0.2) is 0 Å². The number of nitrogens with one attached hydrogen (secondary N) is 1. The highest BCUT2D eigenvalue weighted by Crippen LogP contribution is 2.47. The van der Waals surface area contributed by atoms with E-state index in [1.807, 2.05) is 0 Å². The zero-order valence-electron chi connectivity index (χ0n) is 12.3. The maximum Gasteiger partial charge on any atom is 0.134 e. The van der Waals surface area contributed by atoms with Crippen LogP contribution < -0.4 is 5.32 Å². The lowest BCUT2D eigenvalue weighted by Gasteiger charge is -2.15. The summed E-state index contributed by atoms with van der Waals surface area (Å²) in [6, 6.07) is 4.77. The first-order valence-electron chi connectivity index (χ1n) is 8.14. The minimum absolute atomic E-state index is 0.756. The third-order valence-corrected chi connectivity index (χ3v) is 4.79. The number of fused-ring (bicyclic) bond motifs is 2. The molecule has 1 N–H and O–H groups in total. The van der Waals surface area contributed by atoms with Crippen molar-refractivity contribution in [2.24, 2.45) is 0 Å². The number of hydrogen-bond donors (Lipinski definition) is 1. The number of benzene rings is 1. The molecule has 106 valence electrons. The summed E-state index contributed by atoms with van der Waals surface area (Å²) in [5.41, 5.74) is 5.73. The topological polar surface area (TPSA) is 25.2 Å². The van der Waals surface area contributed by atoms with E-state index in [1.165, 1.54) is 60.8 Å². The van der Waals surface area contributed by atoms with Crippen molar-refractivity contribution >= 4 is 11.0 Å². The van der Waals surface area contributed by atoms with Crippen LogP contribution in [-0.4, -0.2) is 6.54 Å². The fourth-order valence-corrected chi connectivity index (χ4v) is 3.59. The van der Waals surface area contributed by atoms with E-state index in [0.29, 0.717) is 0 Å². The SMILES string of the molecule is CCNCc1oc2cc3c(cc2c1C1CC1)CCCC3. The molecule has 0 atom stereocenters. The van der Waals surface area contributed by atoms with Crippen LogP contribution in [0.25, 0.3) is 11.0 Å². The molecule has 0 bridgehead atoms. The van der Waals surface area contributed by atoms with Gasteiger partial charge in [0.25, 0.3) is 0 Å². The second-order valence-corrected chi connectivity index (χ2v) is 6.32. The molecule has 1 saturated carbocycles. The van der Waals surface area contributed by atoms with Crippen molar-refractivity contribution < 1.29 is 4.42 Å². The molecule has 0 unspecified atom stereocenters. The first kappa shape index (κ1) is 12.5. The average Bonchev–Trinajstić information content (AvgIpc) is 3.24. The Hall–Kier alpha value is -1.28. The van der Waals surface area contributed by atoms with E-state index in [4.69, 9.17) is 4.42 Å². The molecular formula is C18H23NO. The van der Waals surface area contributed by atoms with Crippen molar-refractivity contribution in [1.82, 2.24) is 5.32 Å². The fraction of sp³-hybridized carbons (Fsp3) is 0.556. The smallest absolute Gasteiger partial charge is 0.134 e. The Morgan fingerprint density at radius 2 is 1.90 bits per heavy atom. The van der Waals surface area contributed by atoms with Crippen molar-refractivity contribution in [3.05, 3.63) is 34.6 Å². The van der Waals surface area contributed by atoms with Gasteiger partial charge in [-0.05, 0) is 74.2 Å². The predicted molar refractivity (Wildman–Crippen MR) is 82.2 cm³/mol. The Balaban J connectivity index is 1.84. The average molecular weight is 269 g/mol. The van der Waals surface area contributed by atoms with E-state index >= 15 is 0 Å². The van der Waals surface area contributed by atoms with Gasteiger partial charge in [0.1, 0.15) is 11.3 Å². The van der Waals surface area contributed by atoms with Gasteiger partial charge >= 0.3 is 0 Å². The first-order chi connectivity index (χ1) is 9.86. The van der Waals surface area contributed by atoms with E-state index in [0.717, 1.165) is 24.6 Å². The molecule has 1 heterocycles. The van der Waals surface area contributed by atoms with Crippen molar-refractivity contribution in [3.63, 3.8) is 0 Å². The second kappa shape index (κ2) is 4.92. The summed E-state index contributed by atoms with van der Waals surface area (Å²) in [7, 11) is 0. The highest BCUT2D eigenvalue weighted by atomic mass is 16.3. The number of rotatable bonds is 4. The Bertz CT molecular complexity index is 636. The van der Waals surface area contributed by atoms with Gasteiger partial charge < -0.3 is 9.73 Å². The van der Waals surface area contributed by atoms with Gasteiger partial charge in [-0.15, -0.1) is 0 Å². The molecular weight excluding hydrogens is 246 g/mol. The molecule has 2 aromatic rings. The number of hydrogen-bond acceptors (Lipinski definition) is 2. The van der Waals surface area contributed by atoms with Gasteiger partial charge in [0.2, 0.25) is 0 Å². The molecule has 1 aromatic heterocycles. The van der Waals surface area contributed by atoms with Crippen LogP contribution in [0.4, 0.5) is 0 Å². The molecule has 1 aromatic carbocycles. The van der Waals surface area contributed by atoms with Gasteiger partial charge in [-0.2, -0.15) is 0 Å². The Morgan fingerprint density at radius 1 is 1.15 bits per heavy atom. The van der Waals surface area contributed by atoms with E-state index < -0.39 is 0 Å². The van der Waals surface area contributed by atoms with Crippen LogP contribution in [0, 0.1) is 0 Å². The van der Waals surface area contributed by atoms with Gasteiger partial charge in [0.05, 0.1) is 6.54 Å². The van der Waals surface area contributed by atoms with E-state index in [2.05, 4.69) is 24.4 Å². The minimum Gasteiger partial charge on any atom is -0.459 e. The van der Waals surface area contributed by atoms with E-state index in [9.17, 15) is 0 Å². The molecule has 0 radical (unpaired) electrons. The van der Waals surface area contributed by atoms with Gasteiger partial charge in [0, 0.05) is 10.9 Å². The van der Waals surface area contributed by atoms with Crippen LogP contribution in [0.15, 0.2) is 16.5 Å². The van der Waals surface area contributed by atoms with Crippen LogP contribution in [0.2, 0.25) is 0 Å². The zero-order chi connectivity index (χ0) is 13.5. The van der Waals surface area contributed by atoms with Crippen molar-refractivity contribution in [2.45, 2.75) is 57.9 Å². The minimum atomic E-state index is 0.756. The van der Waals surface area contributed by atoms with E-state index in [1.54, 1.807) is 5.56 Å². The second-order valence-electron chi connectivity index (χ2n) is 6.32. The van der Waals surface area contributed by atoms with Crippen LogP contribution in [0.3, 0.4) is 0 Å². The summed E-state index contributed by atoms with van der Waals surface area (Å²) >= 11 is 0. The lowest BCUT2D eigenvalue weighted by Crippen LogP contribution is -2.12. The van der Waals surface area contributed by atoms with Crippen LogP contribution in [-0.2, 0) is 19.4 Å². The Kier molecular flexibility index (Phi) is 3.07. The molecule has 1 fully saturated rings. The highest BCUT2D eigenvalue weighted by Gasteiger charge is 2.31. The summed E-state index contributed by atoms with van der Waals surface area (Å²) in [5.74, 6) is 1.94. The molecule has 2 nitrogen and oxygen atoms in total. The summed E-state index contributed by atoms with van der Waals surface area (Å²) < 4.78 is 6.21. The van der Waals surface area contributed by atoms with Crippen molar-refractivity contribution in [1.29, 1.82) is 0 Å². The van der Waals surface area contributed by atoms with Gasteiger partial charge in [-0.3, -0.25) is 0 Å². The van der Waals surface area contributed by atoms with Gasteiger partial charge in [-0.1, -0.05) is 6.92 Å². The largest absolute Gasteiger partial charge is 0.459 e. The molecule has 20 heavy (non-hydrogen) atoms. The van der Waals surface area contributed by atoms with Crippen LogP contribution in [0.5, 0.6) is 0 Å². The third-order valence-electron chi connectivity index (χ3n) is 4.79. The monoisotopic (exact) mass is 269 g/mol. The molecule has 0 spiro atoms. The van der Waals surface area contributed by atoms with E-state index in [-0.39, 0.29) is 0 Å². The van der Waals surface area contributed by atoms with Crippen LogP contribution in [0.1, 0.15) is 61.0 Å². The Morgan fingerprint density at radius 3 is 2.60 bits per heavy atom. The lowest BCUT2D eigenvalue weighted by atomic mass is 9.90. The van der Waals surface area contributed by atoms with Crippen molar-refractivity contribution in [3.8, 4) is 0 Å². The lowest BCUT2D eigenvalue weighted by molar-refractivity contribution is 0.513. The standard InChI is InChI=1S/C18H23NO/c1-2-19-11-17-18(12-7-8-12)15-9-13-5-3-4-6-14(13)10-16(15)20-17/h9-10,12,19H,2-8,11H2,1H3. The summed E-state index contributed by atoms with van der Waals surface area (Å²) in [6.07, 6.45) is 7.84. The molecule has 2 heteroatoms. The molecule has 0 saturated heterocycles. The Labute approximate surface area is 120 Å². The summed E-state index contributed by atoms with van der Waals surface area (Å²) in [4.78, 5) is 0. The molecule has 0 aliphatic heterocycles. The van der Waals surface area contributed by atoms with Crippen LogP contribution >= 0.6 is 0 Å². The quantitative estimate of drug-likeness (QED) is 0.895. The molecule has 0 amide bonds. The highest BCUT2D eigenvalue weighted by molar-refractivity contribution is 5.85. The third kappa shape index (κ3) is 2.07. The molecule has 4 rings (SSSR count).